The maximum absolute atomic E-state index is 11.4. The van der Waals surface area contributed by atoms with Crippen molar-refractivity contribution in [3.05, 3.63) is 29.3 Å². The minimum atomic E-state index is -0.247. The van der Waals surface area contributed by atoms with Crippen molar-refractivity contribution in [3.63, 3.8) is 0 Å². The van der Waals surface area contributed by atoms with E-state index in [-0.39, 0.29) is 11.9 Å². The average molecular weight is 307 g/mol. The van der Waals surface area contributed by atoms with Gasteiger partial charge in [-0.25, -0.2) is 0 Å². The summed E-state index contributed by atoms with van der Waals surface area (Å²) >= 11 is 0. The molecule has 1 aromatic carbocycles. The molecular formula is C16H25N3O3. The third-order valence-electron chi connectivity index (χ3n) is 3.29. The molecule has 1 atom stereocenters. The van der Waals surface area contributed by atoms with E-state index < -0.39 is 0 Å². The molecule has 1 aromatic rings. The maximum Gasteiger partial charge on any atom is 0.310 e. The van der Waals surface area contributed by atoms with E-state index in [0.717, 1.165) is 16.9 Å². The predicted molar refractivity (Wildman–Crippen MR) is 87.1 cm³/mol. The van der Waals surface area contributed by atoms with Crippen molar-refractivity contribution in [3.8, 4) is 5.75 Å². The zero-order valence-corrected chi connectivity index (χ0v) is 13.9. The number of carbonyl (C=O) groups excluding carboxylic acids is 1. The number of methoxy groups -OCH3 is 2. The SMILES string of the molecule is CN=C(NCc1ccc(C)cc1OC)NCC(C)C(=O)OC. The highest BCUT2D eigenvalue weighted by Crippen LogP contribution is 2.19. The Labute approximate surface area is 131 Å². The van der Waals surface area contributed by atoms with Crippen LogP contribution in [0.25, 0.3) is 0 Å². The molecule has 0 aliphatic rings. The van der Waals surface area contributed by atoms with Gasteiger partial charge in [-0.3, -0.25) is 9.79 Å². The summed E-state index contributed by atoms with van der Waals surface area (Å²) < 4.78 is 10.1. The molecule has 0 aromatic heterocycles. The Bertz CT molecular complexity index is 529. The summed E-state index contributed by atoms with van der Waals surface area (Å²) in [4.78, 5) is 15.5. The number of esters is 1. The minimum Gasteiger partial charge on any atom is -0.496 e. The Kier molecular flexibility index (Phi) is 7.22. The smallest absolute Gasteiger partial charge is 0.310 e. The lowest BCUT2D eigenvalue weighted by Gasteiger charge is -2.16. The summed E-state index contributed by atoms with van der Waals surface area (Å²) in [5.74, 6) is 0.977. The molecule has 6 nitrogen and oxygen atoms in total. The zero-order valence-electron chi connectivity index (χ0n) is 13.9. The first-order chi connectivity index (χ1) is 10.5. The third kappa shape index (κ3) is 5.27. The number of aliphatic imine (C=N–C) groups is 1. The number of guanidine groups is 1. The first kappa shape index (κ1) is 17.8. The van der Waals surface area contributed by atoms with Crippen LogP contribution in [0, 0.1) is 12.8 Å². The normalized spacial score (nSPS) is 12.5. The number of benzene rings is 1. The highest BCUT2D eigenvalue weighted by atomic mass is 16.5. The lowest BCUT2D eigenvalue weighted by Crippen LogP contribution is -2.40. The number of ether oxygens (including phenoxy) is 2. The fraction of sp³-hybridized carbons (Fsp3) is 0.500. The molecule has 1 unspecified atom stereocenters. The predicted octanol–water partition coefficient (Wildman–Crippen LogP) is 1.48. The molecule has 6 heteroatoms. The molecule has 0 saturated carbocycles. The molecule has 2 N–H and O–H groups in total. The van der Waals surface area contributed by atoms with Gasteiger partial charge in [0.05, 0.1) is 20.1 Å². The Morgan fingerprint density at radius 3 is 2.64 bits per heavy atom. The van der Waals surface area contributed by atoms with Crippen LogP contribution < -0.4 is 15.4 Å². The quantitative estimate of drug-likeness (QED) is 0.473. The highest BCUT2D eigenvalue weighted by molar-refractivity contribution is 5.80. The van der Waals surface area contributed by atoms with Crippen LogP contribution in [0.4, 0.5) is 0 Å². The van der Waals surface area contributed by atoms with Gasteiger partial charge in [-0.2, -0.15) is 0 Å². The van der Waals surface area contributed by atoms with Crippen molar-refractivity contribution in [2.45, 2.75) is 20.4 Å². The number of aryl methyl sites for hydroxylation is 1. The van der Waals surface area contributed by atoms with E-state index in [4.69, 9.17) is 9.47 Å². The van der Waals surface area contributed by atoms with Gasteiger partial charge in [0.15, 0.2) is 5.96 Å². The van der Waals surface area contributed by atoms with E-state index >= 15 is 0 Å². The van der Waals surface area contributed by atoms with Gasteiger partial charge in [0, 0.05) is 25.7 Å². The fourth-order valence-electron chi connectivity index (χ4n) is 1.93. The molecule has 22 heavy (non-hydrogen) atoms. The topological polar surface area (TPSA) is 72.0 Å². The van der Waals surface area contributed by atoms with Crippen molar-refractivity contribution in [2.75, 3.05) is 27.8 Å². The second-order valence-electron chi connectivity index (χ2n) is 5.05. The summed E-state index contributed by atoms with van der Waals surface area (Å²) in [5, 5.41) is 6.30. The molecule has 0 spiro atoms. The van der Waals surface area contributed by atoms with Gasteiger partial charge in [-0.15, -0.1) is 0 Å². The second kappa shape index (κ2) is 8.92. The van der Waals surface area contributed by atoms with Crippen LogP contribution in [0.3, 0.4) is 0 Å². The molecule has 0 aliphatic carbocycles. The number of carbonyl (C=O) groups is 1. The van der Waals surface area contributed by atoms with E-state index in [1.54, 1.807) is 21.1 Å². The van der Waals surface area contributed by atoms with Crippen LogP contribution in [-0.4, -0.2) is 39.7 Å². The molecule has 0 heterocycles. The van der Waals surface area contributed by atoms with Crippen molar-refractivity contribution < 1.29 is 14.3 Å². The molecule has 1 rings (SSSR count). The summed E-state index contributed by atoms with van der Waals surface area (Å²) in [5.41, 5.74) is 2.19. The Morgan fingerprint density at radius 1 is 1.32 bits per heavy atom. The number of nitrogens with one attached hydrogen (secondary N) is 2. The van der Waals surface area contributed by atoms with Crippen LogP contribution in [-0.2, 0) is 16.1 Å². The lowest BCUT2D eigenvalue weighted by molar-refractivity contribution is -0.144. The average Bonchev–Trinajstić information content (AvgIpc) is 2.54. The van der Waals surface area contributed by atoms with Crippen molar-refractivity contribution in [1.82, 2.24) is 10.6 Å². The number of nitrogens with zero attached hydrogens (tertiary/aromatic N) is 1. The fourth-order valence-corrected chi connectivity index (χ4v) is 1.93. The van der Waals surface area contributed by atoms with Crippen molar-refractivity contribution in [2.24, 2.45) is 10.9 Å². The van der Waals surface area contributed by atoms with Gasteiger partial charge >= 0.3 is 5.97 Å². The van der Waals surface area contributed by atoms with Gasteiger partial charge in [0.25, 0.3) is 0 Å². The standard InChI is InChI=1S/C16H25N3O3/c1-11-6-7-13(14(8-11)21-4)10-19-16(17-3)18-9-12(2)15(20)22-5/h6-8,12H,9-10H2,1-5H3,(H2,17,18,19). The molecule has 0 amide bonds. The molecule has 0 saturated heterocycles. The molecule has 0 aliphatic heterocycles. The van der Waals surface area contributed by atoms with Crippen LogP contribution in [0.5, 0.6) is 5.75 Å². The van der Waals surface area contributed by atoms with E-state index in [2.05, 4.69) is 15.6 Å². The van der Waals surface area contributed by atoms with Crippen molar-refractivity contribution in [1.29, 1.82) is 0 Å². The number of hydrogen-bond donors (Lipinski definition) is 2. The number of hydrogen-bond acceptors (Lipinski definition) is 4. The van der Waals surface area contributed by atoms with Crippen LogP contribution >= 0.6 is 0 Å². The second-order valence-corrected chi connectivity index (χ2v) is 5.05. The maximum atomic E-state index is 11.4. The zero-order chi connectivity index (χ0) is 16.5. The van der Waals surface area contributed by atoms with E-state index in [1.807, 2.05) is 25.1 Å². The summed E-state index contributed by atoms with van der Waals surface area (Å²) in [6.45, 7) is 4.86. The minimum absolute atomic E-state index is 0.238. The first-order valence-electron chi connectivity index (χ1n) is 7.17. The van der Waals surface area contributed by atoms with Crippen LogP contribution in [0.1, 0.15) is 18.1 Å². The Balaban J connectivity index is 2.56. The molecule has 0 fully saturated rings. The third-order valence-corrected chi connectivity index (χ3v) is 3.29. The lowest BCUT2D eigenvalue weighted by atomic mass is 10.1. The van der Waals surface area contributed by atoms with Gasteiger partial charge < -0.3 is 20.1 Å². The van der Waals surface area contributed by atoms with Gasteiger partial charge in [0.1, 0.15) is 5.75 Å². The van der Waals surface area contributed by atoms with Gasteiger partial charge in [0.2, 0.25) is 0 Å². The van der Waals surface area contributed by atoms with Crippen LogP contribution in [0.2, 0.25) is 0 Å². The molecular weight excluding hydrogens is 282 g/mol. The monoisotopic (exact) mass is 307 g/mol. The summed E-state index contributed by atoms with van der Waals surface area (Å²) in [6, 6.07) is 6.05. The van der Waals surface area contributed by atoms with E-state index in [0.29, 0.717) is 19.0 Å². The largest absolute Gasteiger partial charge is 0.496 e. The number of rotatable bonds is 6. The highest BCUT2D eigenvalue weighted by Gasteiger charge is 2.13. The Hall–Kier alpha value is -2.24. The van der Waals surface area contributed by atoms with Gasteiger partial charge in [-0.05, 0) is 18.6 Å². The summed E-state index contributed by atoms with van der Waals surface area (Å²) in [6.07, 6.45) is 0. The van der Waals surface area contributed by atoms with E-state index in [1.165, 1.54) is 7.11 Å². The molecule has 0 radical (unpaired) electrons. The summed E-state index contributed by atoms with van der Waals surface area (Å²) in [7, 11) is 4.73. The molecule has 122 valence electrons. The Morgan fingerprint density at radius 2 is 2.05 bits per heavy atom. The first-order valence-corrected chi connectivity index (χ1v) is 7.17. The van der Waals surface area contributed by atoms with Crippen LogP contribution in [0.15, 0.2) is 23.2 Å². The van der Waals surface area contributed by atoms with E-state index in [9.17, 15) is 4.79 Å². The van der Waals surface area contributed by atoms with Crippen molar-refractivity contribution >= 4 is 11.9 Å². The molecule has 0 bridgehead atoms. The van der Waals surface area contributed by atoms with Gasteiger partial charge in [-0.1, -0.05) is 19.1 Å².